The van der Waals surface area contributed by atoms with Crippen molar-refractivity contribution in [3.05, 3.63) is 101 Å². The van der Waals surface area contributed by atoms with Crippen LogP contribution in [0.15, 0.2) is 77.2 Å². The van der Waals surface area contributed by atoms with Crippen molar-refractivity contribution in [3.63, 3.8) is 0 Å². The zero-order valence-corrected chi connectivity index (χ0v) is 25.1. The molecule has 0 saturated carbocycles. The van der Waals surface area contributed by atoms with Crippen LogP contribution in [0.3, 0.4) is 0 Å². The van der Waals surface area contributed by atoms with Gasteiger partial charge in [-0.2, -0.15) is 0 Å². The van der Waals surface area contributed by atoms with Crippen molar-refractivity contribution in [3.8, 4) is 28.3 Å². The highest BCUT2D eigenvalue weighted by Crippen LogP contribution is 2.40. The summed E-state index contributed by atoms with van der Waals surface area (Å²) in [4.78, 5) is 30.7. The number of amides is 2. The molecule has 2 heterocycles. The van der Waals surface area contributed by atoms with Crippen LogP contribution in [0.1, 0.15) is 46.3 Å². The topological polar surface area (TPSA) is 151 Å². The lowest BCUT2D eigenvalue weighted by molar-refractivity contribution is 0.0930. The van der Waals surface area contributed by atoms with Gasteiger partial charge in [-0.3, -0.25) is 14.3 Å². The minimum atomic E-state index is -3.83. The number of nitrogens with zero attached hydrogens (tertiary/aromatic N) is 1. The highest BCUT2D eigenvalue weighted by molar-refractivity contribution is 7.92. The van der Waals surface area contributed by atoms with Crippen LogP contribution < -0.4 is 15.4 Å². The lowest BCUT2D eigenvalue weighted by atomic mass is 10.0. The molecule has 13 heteroatoms. The van der Waals surface area contributed by atoms with Crippen LogP contribution in [0, 0.1) is 11.6 Å². The molecule has 232 valence electrons. The number of benzene rings is 3. The van der Waals surface area contributed by atoms with Crippen molar-refractivity contribution in [1.29, 1.82) is 0 Å². The van der Waals surface area contributed by atoms with E-state index in [0.717, 1.165) is 0 Å². The molecule has 0 bridgehead atoms. The summed E-state index contributed by atoms with van der Waals surface area (Å²) in [6.07, 6.45) is 0. The third-order valence-corrected chi connectivity index (χ3v) is 8.41. The van der Waals surface area contributed by atoms with Gasteiger partial charge in [-0.25, -0.2) is 22.2 Å². The third-order valence-electron chi connectivity index (χ3n) is 7.12. The maximum absolute atomic E-state index is 13.7. The summed E-state index contributed by atoms with van der Waals surface area (Å²) in [5.41, 5.74) is 1.23. The van der Waals surface area contributed by atoms with Crippen molar-refractivity contribution in [2.75, 3.05) is 17.5 Å². The molecular formula is C32H28F2N4O6S. The summed E-state index contributed by atoms with van der Waals surface area (Å²) in [6.45, 7) is 3.13. The highest BCUT2D eigenvalue weighted by atomic mass is 32.2. The van der Waals surface area contributed by atoms with Gasteiger partial charge in [0, 0.05) is 29.6 Å². The van der Waals surface area contributed by atoms with Gasteiger partial charge < -0.3 is 20.2 Å². The normalized spacial score (nSPS) is 12.1. The number of carbonyl (C=O) groups excluding carboxylic acids is 2. The van der Waals surface area contributed by atoms with Crippen molar-refractivity contribution in [2.45, 2.75) is 19.9 Å². The molecule has 1 atom stereocenters. The van der Waals surface area contributed by atoms with Crippen molar-refractivity contribution < 1.29 is 36.3 Å². The Hall–Kier alpha value is -5.30. The number of rotatable bonds is 9. The monoisotopic (exact) mass is 634 g/mol. The lowest BCUT2D eigenvalue weighted by Gasteiger charge is -2.16. The first-order valence-electron chi connectivity index (χ1n) is 13.8. The molecule has 3 aromatic carbocycles. The number of furan rings is 1. The Balaban J connectivity index is 1.66. The molecule has 0 spiro atoms. The van der Waals surface area contributed by atoms with Gasteiger partial charge in [0.25, 0.3) is 11.8 Å². The molecule has 45 heavy (non-hydrogen) atoms. The van der Waals surface area contributed by atoms with Gasteiger partial charge in [-0.15, -0.1) is 0 Å². The van der Waals surface area contributed by atoms with E-state index in [1.807, 2.05) is 0 Å². The fourth-order valence-corrected chi connectivity index (χ4v) is 5.35. The second-order valence-corrected chi connectivity index (χ2v) is 12.1. The lowest BCUT2D eigenvalue weighted by Crippen LogP contribution is -2.27. The second kappa shape index (κ2) is 12.4. The number of hydrogen-bond acceptors (Lipinski definition) is 7. The predicted molar refractivity (Wildman–Crippen MR) is 165 cm³/mol. The number of anilines is 1. The van der Waals surface area contributed by atoms with Crippen molar-refractivity contribution in [2.24, 2.45) is 0 Å². The van der Waals surface area contributed by atoms with Crippen LogP contribution in [-0.2, 0) is 10.0 Å². The molecule has 0 aliphatic heterocycles. The van der Waals surface area contributed by atoms with Gasteiger partial charge in [-0.05, 0) is 74.0 Å². The molecule has 5 rings (SSSR count). The minimum absolute atomic E-state index is 0.0384. The number of sulfonamides is 1. The maximum Gasteiger partial charge on any atom is 0.274 e. The molecule has 0 aliphatic rings. The Kier molecular flexibility index (Phi) is 8.55. The SMILES string of the molecule is CCS(=O)(=O)Nc1cc2oc(-c3ccc(F)cc3)c(C(=O)NC)c2cc1-c1ccc(O)c(C(=O)N[C@H](C)c2ccc(F)cc2)n1. The maximum atomic E-state index is 13.7. The number of aromatic nitrogens is 1. The molecule has 2 amide bonds. The molecule has 0 aliphatic carbocycles. The first-order valence-corrected chi connectivity index (χ1v) is 15.4. The van der Waals surface area contributed by atoms with Gasteiger partial charge in [0.05, 0.1) is 28.7 Å². The van der Waals surface area contributed by atoms with Crippen LogP contribution in [0.4, 0.5) is 14.5 Å². The largest absolute Gasteiger partial charge is 0.505 e. The molecule has 2 aromatic heterocycles. The smallest absolute Gasteiger partial charge is 0.274 e. The van der Waals surface area contributed by atoms with E-state index >= 15 is 0 Å². The number of pyridine rings is 1. The van der Waals surface area contributed by atoms with Crippen LogP contribution in [0.2, 0.25) is 0 Å². The number of fused-ring (bicyclic) bond motifs is 1. The van der Waals surface area contributed by atoms with E-state index in [1.54, 1.807) is 6.92 Å². The predicted octanol–water partition coefficient (Wildman–Crippen LogP) is 5.76. The Morgan fingerprint density at radius 1 is 0.956 bits per heavy atom. The Labute approximate surface area is 257 Å². The molecule has 0 fully saturated rings. The van der Waals surface area contributed by atoms with E-state index in [4.69, 9.17) is 4.42 Å². The Bertz CT molecular complexity index is 2030. The quantitative estimate of drug-likeness (QED) is 0.161. The number of halogens is 2. The van der Waals surface area contributed by atoms with Gasteiger partial charge >= 0.3 is 0 Å². The van der Waals surface area contributed by atoms with E-state index < -0.39 is 45.3 Å². The van der Waals surface area contributed by atoms with E-state index in [2.05, 4.69) is 20.3 Å². The molecule has 10 nitrogen and oxygen atoms in total. The molecule has 0 saturated heterocycles. The van der Waals surface area contributed by atoms with E-state index in [9.17, 15) is 31.9 Å². The second-order valence-electron chi connectivity index (χ2n) is 10.1. The van der Waals surface area contributed by atoms with E-state index in [0.29, 0.717) is 11.1 Å². The number of hydrogen-bond donors (Lipinski definition) is 4. The third kappa shape index (κ3) is 6.48. The van der Waals surface area contributed by atoms with E-state index in [-0.39, 0.29) is 50.7 Å². The summed E-state index contributed by atoms with van der Waals surface area (Å²) in [7, 11) is -2.40. The summed E-state index contributed by atoms with van der Waals surface area (Å²) in [5, 5.41) is 16.1. The summed E-state index contributed by atoms with van der Waals surface area (Å²) >= 11 is 0. The molecule has 5 aromatic rings. The number of nitrogens with one attached hydrogen (secondary N) is 3. The zero-order valence-electron chi connectivity index (χ0n) is 24.3. The highest BCUT2D eigenvalue weighted by Gasteiger charge is 2.26. The first kappa shape index (κ1) is 31.1. The zero-order chi connectivity index (χ0) is 32.5. The van der Waals surface area contributed by atoms with Crippen LogP contribution in [-0.4, -0.2) is 43.1 Å². The number of carbonyl (C=O) groups is 2. The summed E-state index contributed by atoms with van der Waals surface area (Å²) in [5.74, 6) is -2.75. The fourth-order valence-electron chi connectivity index (χ4n) is 4.70. The van der Waals surface area contributed by atoms with Crippen molar-refractivity contribution in [1.82, 2.24) is 15.6 Å². The van der Waals surface area contributed by atoms with Gasteiger partial charge in [0.15, 0.2) is 5.69 Å². The van der Waals surface area contributed by atoms with E-state index in [1.165, 1.54) is 86.8 Å². The molecular weight excluding hydrogens is 606 g/mol. The van der Waals surface area contributed by atoms with Gasteiger partial charge in [0.1, 0.15) is 28.7 Å². The van der Waals surface area contributed by atoms with Crippen LogP contribution in [0.25, 0.3) is 33.6 Å². The van der Waals surface area contributed by atoms with Gasteiger partial charge in [0.2, 0.25) is 10.0 Å². The minimum Gasteiger partial charge on any atom is -0.505 e. The van der Waals surface area contributed by atoms with Gasteiger partial charge in [-0.1, -0.05) is 12.1 Å². The summed E-state index contributed by atoms with van der Waals surface area (Å²) in [6, 6.07) is 15.8. The standard InChI is InChI=1S/C32H28F2N4O6S/c1-4-45(42,43)38-25-16-27-23(28(31(40)35-3)30(44-27)19-7-11-21(34)12-8-19)15-22(25)24-13-14-26(39)29(37-24)32(41)36-17(2)18-5-9-20(33)10-6-18/h5-17,38-39H,4H2,1-3H3,(H,35,40)(H,36,41)/t17-/m1/s1. The Morgan fingerprint density at radius 3 is 2.22 bits per heavy atom. The fraction of sp³-hybridized carbons (Fsp3) is 0.156. The van der Waals surface area contributed by atoms with Crippen molar-refractivity contribution >= 4 is 38.5 Å². The number of aromatic hydroxyl groups is 1. The van der Waals surface area contributed by atoms with Crippen LogP contribution in [0.5, 0.6) is 5.75 Å². The Morgan fingerprint density at radius 2 is 1.60 bits per heavy atom. The average Bonchev–Trinajstić information content (AvgIpc) is 3.39. The average molecular weight is 635 g/mol. The summed E-state index contributed by atoms with van der Waals surface area (Å²) < 4.78 is 60.9. The molecule has 4 N–H and O–H groups in total. The van der Waals surface area contributed by atoms with Crippen LogP contribution >= 0.6 is 0 Å². The first-order chi connectivity index (χ1) is 21.4. The molecule has 0 unspecified atom stereocenters. The molecule has 0 radical (unpaired) electrons.